The SMILES string of the molecule is Cc1[nH]cnc1CN1CCC(c2nnc(CN3CCN(C)CC3)n2C)CC1. The summed E-state index contributed by atoms with van der Waals surface area (Å²) in [5.41, 5.74) is 2.35. The van der Waals surface area contributed by atoms with Gasteiger partial charge in [-0.2, -0.15) is 0 Å². The molecule has 0 amide bonds. The summed E-state index contributed by atoms with van der Waals surface area (Å²) in [6, 6.07) is 0. The number of aromatic nitrogens is 5. The van der Waals surface area contributed by atoms with Crippen LogP contribution in [0.4, 0.5) is 0 Å². The van der Waals surface area contributed by atoms with Crippen LogP contribution in [0.2, 0.25) is 0 Å². The summed E-state index contributed by atoms with van der Waals surface area (Å²) < 4.78 is 2.25. The maximum Gasteiger partial charge on any atom is 0.146 e. The minimum Gasteiger partial charge on any atom is -0.348 e. The number of hydrogen-bond acceptors (Lipinski definition) is 6. The molecule has 0 spiro atoms. The molecule has 0 radical (unpaired) electrons. The number of nitrogens with one attached hydrogen (secondary N) is 1. The molecule has 0 saturated carbocycles. The van der Waals surface area contributed by atoms with Gasteiger partial charge in [0.1, 0.15) is 11.6 Å². The molecular weight excluding hydrogens is 340 g/mol. The fourth-order valence-corrected chi connectivity index (χ4v) is 4.18. The van der Waals surface area contributed by atoms with E-state index in [1.54, 1.807) is 6.33 Å². The van der Waals surface area contributed by atoms with Gasteiger partial charge < -0.3 is 14.5 Å². The molecule has 1 N–H and O–H groups in total. The van der Waals surface area contributed by atoms with E-state index in [1.165, 1.54) is 11.4 Å². The molecule has 2 fully saturated rings. The molecule has 4 heterocycles. The number of imidazole rings is 1. The van der Waals surface area contributed by atoms with Gasteiger partial charge in [-0.05, 0) is 39.9 Å². The van der Waals surface area contributed by atoms with Gasteiger partial charge >= 0.3 is 0 Å². The monoisotopic (exact) mass is 372 g/mol. The van der Waals surface area contributed by atoms with Crippen molar-refractivity contribution in [3.63, 3.8) is 0 Å². The Bertz CT molecular complexity index is 735. The molecule has 0 aliphatic carbocycles. The molecule has 27 heavy (non-hydrogen) atoms. The number of aromatic amines is 1. The van der Waals surface area contributed by atoms with Crippen LogP contribution in [0, 0.1) is 6.92 Å². The second-order valence-electron chi connectivity index (χ2n) is 8.14. The molecule has 4 rings (SSSR count). The van der Waals surface area contributed by atoms with E-state index >= 15 is 0 Å². The highest BCUT2D eigenvalue weighted by atomic mass is 15.3. The molecule has 2 aromatic heterocycles. The third-order valence-corrected chi connectivity index (χ3v) is 6.22. The zero-order valence-electron chi connectivity index (χ0n) is 16.9. The van der Waals surface area contributed by atoms with E-state index in [0.29, 0.717) is 5.92 Å². The highest BCUT2D eigenvalue weighted by Gasteiger charge is 2.26. The summed E-state index contributed by atoms with van der Waals surface area (Å²) in [6.45, 7) is 10.6. The molecule has 2 aliphatic rings. The fourth-order valence-electron chi connectivity index (χ4n) is 4.18. The third kappa shape index (κ3) is 4.23. The van der Waals surface area contributed by atoms with Crippen molar-refractivity contribution in [3.8, 4) is 0 Å². The summed E-state index contributed by atoms with van der Waals surface area (Å²) in [4.78, 5) is 15.0. The van der Waals surface area contributed by atoms with E-state index in [1.807, 2.05) is 0 Å². The molecule has 0 unspecified atom stereocenters. The molecule has 2 saturated heterocycles. The van der Waals surface area contributed by atoms with Crippen molar-refractivity contribution in [2.75, 3.05) is 46.3 Å². The average Bonchev–Trinajstić information content (AvgIpc) is 3.24. The van der Waals surface area contributed by atoms with Crippen molar-refractivity contribution >= 4 is 0 Å². The quantitative estimate of drug-likeness (QED) is 0.844. The molecule has 0 aromatic carbocycles. The molecule has 0 bridgehead atoms. The topological polar surface area (TPSA) is 69.1 Å². The van der Waals surface area contributed by atoms with Gasteiger partial charge in [-0.15, -0.1) is 10.2 Å². The minimum absolute atomic E-state index is 0.514. The van der Waals surface area contributed by atoms with Crippen LogP contribution in [0.5, 0.6) is 0 Å². The number of likely N-dealkylation sites (tertiary alicyclic amines) is 1. The van der Waals surface area contributed by atoms with Gasteiger partial charge in [0.2, 0.25) is 0 Å². The lowest BCUT2D eigenvalue weighted by Gasteiger charge is -2.32. The molecule has 2 aliphatic heterocycles. The van der Waals surface area contributed by atoms with Crippen molar-refractivity contribution in [3.05, 3.63) is 29.4 Å². The highest BCUT2D eigenvalue weighted by Crippen LogP contribution is 2.27. The predicted octanol–water partition coefficient (Wildman–Crippen LogP) is 0.974. The number of nitrogens with zero attached hydrogens (tertiary/aromatic N) is 7. The number of H-pyrrole nitrogens is 1. The largest absolute Gasteiger partial charge is 0.348 e. The first-order valence-electron chi connectivity index (χ1n) is 10.1. The second kappa shape index (κ2) is 8.08. The van der Waals surface area contributed by atoms with Crippen molar-refractivity contribution in [1.82, 2.24) is 39.4 Å². The summed E-state index contributed by atoms with van der Waals surface area (Å²) in [5.74, 6) is 2.78. The minimum atomic E-state index is 0.514. The third-order valence-electron chi connectivity index (χ3n) is 6.22. The standard InChI is InChI=1S/C19H32N8/c1-15-17(21-14-20-15)12-26-6-4-16(5-7-26)19-23-22-18(25(19)3)13-27-10-8-24(2)9-11-27/h14,16H,4-13H2,1-3H3,(H,20,21). The van der Waals surface area contributed by atoms with Crippen molar-refractivity contribution in [2.24, 2.45) is 7.05 Å². The Morgan fingerprint density at radius 3 is 2.33 bits per heavy atom. The summed E-state index contributed by atoms with van der Waals surface area (Å²) in [7, 11) is 4.33. The molecular formula is C19H32N8. The summed E-state index contributed by atoms with van der Waals surface area (Å²) in [6.07, 6.45) is 4.08. The number of piperazine rings is 1. The van der Waals surface area contributed by atoms with Crippen molar-refractivity contribution in [2.45, 2.75) is 38.8 Å². The first-order chi connectivity index (χ1) is 13.1. The Labute approximate surface area is 161 Å². The zero-order valence-corrected chi connectivity index (χ0v) is 16.9. The Hall–Kier alpha value is -1.77. The maximum absolute atomic E-state index is 4.57. The molecule has 8 heteroatoms. The predicted molar refractivity (Wildman–Crippen MR) is 104 cm³/mol. The lowest BCUT2D eigenvalue weighted by Crippen LogP contribution is -2.44. The van der Waals surface area contributed by atoms with Gasteiger partial charge in [-0.25, -0.2) is 4.98 Å². The van der Waals surface area contributed by atoms with Crippen LogP contribution in [0.15, 0.2) is 6.33 Å². The number of hydrogen-bond donors (Lipinski definition) is 1. The van der Waals surface area contributed by atoms with E-state index in [-0.39, 0.29) is 0 Å². The molecule has 2 aromatic rings. The van der Waals surface area contributed by atoms with E-state index in [0.717, 1.165) is 76.8 Å². The zero-order chi connectivity index (χ0) is 18.8. The Kier molecular flexibility index (Phi) is 5.56. The number of likely N-dealkylation sites (N-methyl/N-ethyl adjacent to an activating group) is 1. The van der Waals surface area contributed by atoms with E-state index in [9.17, 15) is 0 Å². The highest BCUT2D eigenvalue weighted by molar-refractivity contribution is 5.09. The van der Waals surface area contributed by atoms with Gasteiger partial charge in [-0.3, -0.25) is 9.80 Å². The lowest BCUT2D eigenvalue weighted by atomic mass is 9.96. The van der Waals surface area contributed by atoms with Gasteiger partial charge in [0.05, 0.1) is 18.6 Å². The van der Waals surface area contributed by atoms with E-state index in [2.05, 4.69) is 60.5 Å². The van der Waals surface area contributed by atoms with Gasteiger partial charge in [0.15, 0.2) is 0 Å². The van der Waals surface area contributed by atoms with Crippen LogP contribution in [0.3, 0.4) is 0 Å². The smallest absolute Gasteiger partial charge is 0.146 e. The summed E-state index contributed by atoms with van der Waals surface area (Å²) in [5, 5.41) is 9.10. The summed E-state index contributed by atoms with van der Waals surface area (Å²) >= 11 is 0. The van der Waals surface area contributed by atoms with Gasteiger partial charge in [0, 0.05) is 51.4 Å². The van der Waals surface area contributed by atoms with Crippen LogP contribution in [0.25, 0.3) is 0 Å². The van der Waals surface area contributed by atoms with Gasteiger partial charge in [-0.1, -0.05) is 0 Å². The molecule has 148 valence electrons. The second-order valence-corrected chi connectivity index (χ2v) is 8.14. The first-order valence-corrected chi connectivity index (χ1v) is 10.1. The van der Waals surface area contributed by atoms with Crippen molar-refractivity contribution < 1.29 is 0 Å². The Morgan fingerprint density at radius 2 is 1.67 bits per heavy atom. The lowest BCUT2D eigenvalue weighted by molar-refractivity contribution is 0.144. The molecule has 0 atom stereocenters. The number of rotatable bonds is 5. The van der Waals surface area contributed by atoms with Crippen LogP contribution >= 0.6 is 0 Å². The van der Waals surface area contributed by atoms with Gasteiger partial charge in [0.25, 0.3) is 0 Å². The van der Waals surface area contributed by atoms with Crippen LogP contribution in [-0.2, 0) is 20.1 Å². The average molecular weight is 373 g/mol. The fraction of sp³-hybridized carbons (Fsp3) is 0.737. The maximum atomic E-state index is 4.57. The Balaban J connectivity index is 1.32. The van der Waals surface area contributed by atoms with Crippen LogP contribution in [-0.4, -0.2) is 85.7 Å². The Morgan fingerprint density at radius 1 is 0.963 bits per heavy atom. The number of piperidine rings is 1. The van der Waals surface area contributed by atoms with Crippen molar-refractivity contribution in [1.29, 1.82) is 0 Å². The first kappa shape index (κ1) is 18.6. The normalized spacial score (nSPS) is 21.1. The van der Waals surface area contributed by atoms with Crippen LogP contribution < -0.4 is 0 Å². The van der Waals surface area contributed by atoms with E-state index < -0.39 is 0 Å². The van der Waals surface area contributed by atoms with Crippen LogP contribution in [0.1, 0.15) is 41.8 Å². The van der Waals surface area contributed by atoms with E-state index in [4.69, 9.17) is 0 Å². The number of aryl methyl sites for hydroxylation is 1. The molecule has 8 nitrogen and oxygen atoms in total.